The number of nitrogens with zero attached hydrogens (tertiary/aromatic N) is 4. The predicted molar refractivity (Wildman–Crippen MR) is 144 cm³/mol. The molecule has 1 aromatic carbocycles. The summed E-state index contributed by atoms with van der Waals surface area (Å²) in [6.45, 7) is 5.87. The lowest BCUT2D eigenvalue weighted by atomic mass is 9.99. The van der Waals surface area contributed by atoms with Crippen LogP contribution >= 0.6 is 0 Å². The Hall–Kier alpha value is -2.86. The number of carbonyl (C=O) groups is 1. The highest BCUT2D eigenvalue weighted by Gasteiger charge is 2.46. The molecule has 0 aliphatic carbocycles. The predicted octanol–water partition coefficient (Wildman–Crippen LogP) is 2.19. The Balaban J connectivity index is 1.25. The molecule has 2 atom stereocenters. The summed E-state index contributed by atoms with van der Waals surface area (Å²) in [7, 11) is 0. The number of benzene rings is 1. The number of aliphatic hydroxyl groups is 2. The van der Waals surface area contributed by atoms with Crippen molar-refractivity contribution in [3.05, 3.63) is 53.1 Å². The van der Waals surface area contributed by atoms with E-state index in [0.29, 0.717) is 13.1 Å². The summed E-state index contributed by atoms with van der Waals surface area (Å²) in [4.78, 5) is 23.1. The van der Waals surface area contributed by atoms with Gasteiger partial charge in [-0.05, 0) is 37.5 Å². The van der Waals surface area contributed by atoms with Crippen LogP contribution < -0.4 is 9.47 Å². The number of hydrogen-bond donors (Lipinski definition) is 2. The summed E-state index contributed by atoms with van der Waals surface area (Å²) in [6.07, 6.45) is -1.15. The SMILES string of the molecule is CC1(C)CN(CC(O)CN2CCc3ccccc3C2)C(=O)c2ccc(OC3CCN(CCO)CC3(F)F)nc2O1. The molecule has 1 fully saturated rings. The molecule has 1 saturated heterocycles. The Morgan fingerprint density at radius 1 is 1.10 bits per heavy atom. The van der Waals surface area contributed by atoms with Gasteiger partial charge < -0.3 is 24.6 Å². The highest BCUT2D eigenvalue weighted by Crippen LogP contribution is 2.34. The average Bonchev–Trinajstić information content (AvgIpc) is 2.98. The molecule has 0 saturated carbocycles. The van der Waals surface area contributed by atoms with E-state index in [-0.39, 0.29) is 55.9 Å². The van der Waals surface area contributed by atoms with E-state index in [2.05, 4.69) is 22.0 Å². The summed E-state index contributed by atoms with van der Waals surface area (Å²) in [6, 6.07) is 11.2. The number of pyridine rings is 1. The van der Waals surface area contributed by atoms with Crippen LogP contribution in [0.25, 0.3) is 0 Å². The number of rotatable bonds is 8. The van der Waals surface area contributed by atoms with Gasteiger partial charge in [-0.1, -0.05) is 24.3 Å². The van der Waals surface area contributed by atoms with Crippen molar-refractivity contribution in [3.63, 3.8) is 0 Å². The van der Waals surface area contributed by atoms with E-state index in [1.807, 2.05) is 26.0 Å². The molecular weight excluding hydrogens is 522 g/mol. The Morgan fingerprint density at radius 3 is 2.62 bits per heavy atom. The lowest BCUT2D eigenvalue weighted by Gasteiger charge is -2.37. The number of likely N-dealkylation sites (tertiary alicyclic amines) is 1. The number of amides is 1. The van der Waals surface area contributed by atoms with Gasteiger partial charge in [-0.3, -0.25) is 14.6 Å². The van der Waals surface area contributed by atoms with E-state index >= 15 is 0 Å². The topological polar surface area (TPSA) is 98.6 Å². The smallest absolute Gasteiger partial charge is 0.296 e. The van der Waals surface area contributed by atoms with Crippen LogP contribution in [0.15, 0.2) is 36.4 Å². The van der Waals surface area contributed by atoms with Gasteiger partial charge in [0.15, 0.2) is 6.10 Å². The van der Waals surface area contributed by atoms with E-state index in [1.54, 1.807) is 4.90 Å². The lowest BCUT2D eigenvalue weighted by molar-refractivity contribution is -0.141. The number of ether oxygens (including phenoxy) is 2. The summed E-state index contributed by atoms with van der Waals surface area (Å²) in [5.74, 6) is -3.48. The third kappa shape index (κ3) is 6.54. The van der Waals surface area contributed by atoms with E-state index in [0.717, 1.165) is 19.5 Å². The van der Waals surface area contributed by atoms with E-state index in [9.17, 15) is 18.7 Å². The number of halogens is 2. The zero-order valence-electron chi connectivity index (χ0n) is 23.1. The molecule has 11 heteroatoms. The Morgan fingerprint density at radius 2 is 1.88 bits per heavy atom. The fourth-order valence-electron chi connectivity index (χ4n) is 5.81. The monoisotopic (exact) mass is 560 g/mol. The Bertz CT molecular complexity index is 1210. The molecule has 5 rings (SSSR count). The van der Waals surface area contributed by atoms with Crippen LogP contribution in [-0.4, -0.2) is 112 Å². The van der Waals surface area contributed by atoms with Gasteiger partial charge in [-0.25, -0.2) is 8.78 Å². The molecule has 2 aromatic rings. The van der Waals surface area contributed by atoms with Crippen LogP contribution in [0.2, 0.25) is 0 Å². The van der Waals surface area contributed by atoms with Gasteiger partial charge in [0, 0.05) is 51.8 Å². The van der Waals surface area contributed by atoms with E-state index < -0.39 is 30.3 Å². The number of piperidine rings is 1. The molecule has 4 heterocycles. The molecule has 40 heavy (non-hydrogen) atoms. The zero-order valence-corrected chi connectivity index (χ0v) is 23.1. The second-order valence-electron chi connectivity index (χ2n) is 11.6. The maximum atomic E-state index is 14.7. The maximum Gasteiger partial charge on any atom is 0.296 e. The van der Waals surface area contributed by atoms with Crippen molar-refractivity contribution in [2.75, 3.05) is 52.4 Å². The minimum Gasteiger partial charge on any atom is -0.469 e. The molecule has 0 bridgehead atoms. The van der Waals surface area contributed by atoms with Gasteiger partial charge in [0.25, 0.3) is 11.8 Å². The van der Waals surface area contributed by atoms with E-state index in [1.165, 1.54) is 28.2 Å². The molecule has 0 radical (unpaired) electrons. The van der Waals surface area contributed by atoms with E-state index in [4.69, 9.17) is 14.6 Å². The largest absolute Gasteiger partial charge is 0.469 e. The number of aliphatic hydroxyl groups excluding tert-OH is 2. The normalized spacial score (nSPS) is 23.5. The summed E-state index contributed by atoms with van der Waals surface area (Å²) in [5.41, 5.74) is 1.95. The molecule has 3 aliphatic rings. The van der Waals surface area contributed by atoms with Gasteiger partial charge in [0.2, 0.25) is 11.8 Å². The van der Waals surface area contributed by atoms with Crippen molar-refractivity contribution >= 4 is 5.91 Å². The quantitative estimate of drug-likeness (QED) is 0.507. The Kier molecular flexibility index (Phi) is 8.28. The maximum absolute atomic E-state index is 14.7. The third-order valence-electron chi connectivity index (χ3n) is 7.70. The molecule has 2 unspecified atom stereocenters. The first-order chi connectivity index (χ1) is 19.0. The fourth-order valence-corrected chi connectivity index (χ4v) is 5.81. The third-order valence-corrected chi connectivity index (χ3v) is 7.70. The number of fused-ring (bicyclic) bond motifs is 2. The van der Waals surface area contributed by atoms with Crippen molar-refractivity contribution in [2.45, 2.75) is 57.0 Å². The number of aromatic nitrogens is 1. The van der Waals surface area contributed by atoms with Crippen molar-refractivity contribution in [2.24, 2.45) is 0 Å². The Labute approximate surface area is 233 Å². The second kappa shape index (κ2) is 11.6. The molecule has 3 aliphatic heterocycles. The van der Waals surface area contributed by atoms with Gasteiger partial charge in [-0.2, -0.15) is 4.98 Å². The molecule has 2 N–H and O–H groups in total. The van der Waals surface area contributed by atoms with Crippen LogP contribution in [0.4, 0.5) is 8.78 Å². The molecule has 1 aromatic heterocycles. The van der Waals surface area contributed by atoms with Crippen LogP contribution in [-0.2, 0) is 13.0 Å². The summed E-state index contributed by atoms with van der Waals surface area (Å²) < 4.78 is 41.2. The van der Waals surface area contributed by atoms with Crippen LogP contribution in [0.1, 0.15) is 41.8 Å². The summed E-state index contributed by atoms with van der Waals surface area (Å²) >= 11 is 0. The number of hydrogen-bond acceptors (Lipinski definition) is 8. The first-order valence-electron chi connectivity index (χ1n) is 13.9. The molecule has 1 amide bonds. The van der Waals surface area contributed by atoms with Gasteiger partial charge in [0.05, 0.1) is 25.8 Å². The first kappa shape index (κ1) is 28.7. The molecule has 218 valence electrons. The van der Waals surface area contributed by atoms with Gasteiger partial charge >= 0.3 is 0 Å². The number of alkyl halides is 2. The molecule has 9 nitrogen and oxygen atoms in total. The van der Waals surface area contributed by atoms with Gasteiger partial charge in [-0.15, -0.1) is 0 Å². The van der Waals surface area contributed by atoms with Crippen molar-refractivity contribution in [1.82, 2.24) is 19.7 Å². The standard InChI is InChI=1S/C29H38F2N4O5/c1-28(2)18-35(17-22(37)16-34-11-9-20-5-3-4-6-21(20)15-34)27(38)23-7-8-25(32-26(23)40-28)39-24-10-12-33(13-14-36)19-29(24,30)31/h3-8,22,24,36-37H,9-19H2,1-2H3. The van der Waals surface area contributed by atoms with Crippen LogP contribution in [0.5, 0.6) is 11.8 Å². The number of carbonyl (C=O) groups excluding carboxylic acids is 1. The highest BCUT2D eigenvalue weighted by atomic mass is 19.3. The van der Waals surface area contributed by atoms with Crippen molar-refractivity contribution < 1.29 is 33.3 Å². The molecule has 0 spiro atoms. The van der Waals surface area contributed by atoms with Crippen molar-refractivity contribution in [1.29, 1.82) is 0 Å². The zero-order chi connectivity index (χ0) is 28.5. The van der Waals surface area contributed by atoms with Crippen LogP contribution in [0.3, 0.4) is 0 Å². The lowest BCUT2D eigenvalue weighted by Crippen LogP contribution is -2.54. The minimum absolute atomic E-state index is 0.0261. The average molecular weight is 561 g/mol. The molecular formula is C29H38F2N4O5. The minimum atomic E-state index is -3.12. The second-order valence-corrected chi connectivity index (χ2v) is 11.6. The first-order valence-corrected chi connectivity index (χ1v) is 13.9. The van der Waals surface area contributed by atoms with Crippen LogP contribution in [0, 0.1) is 0 Å². The summed E-state index contributed by atoms with van der Waals surface area (Å²) in [5, 5.41) is 20.0. The highest BCUT2D eigenvalue weighted by molar-refractivity contribution is 5.97. The number of β-amino-alcohol motifs (C(OH)–C–C–N with tert-alkyl or cyclic N) is 2. The fraction of sp³-hybridized carbons (Fsp3) is 0.586. The van der Waals surface area contributed by atoms with Gasteiger partial charge in [0.1, 0.15) is 11.2 Å². The van der Waals surface area contributed by atoms with Crippen molar-refractivity contribution in [3.8, 4) is 11.8 Å².